The molecule has 156 valence electrons. The molecule has 1 aliphatic heterocycles. The summed E-state index contributed by atoms with van der Waals surface area (Å²) in [6.45, 7) is 2.83. The van der Waals surface area contributed by atoms with Crippen molar-refractivity contribution >= 4 is 34.2 Å². The van der Waals surface area contributed by atoms with Gasteiger partial charge in [0.25, 0.3) is 5.22 Å². The number of hydrogen-bond acceptors (Lipinski definition) is 7. The Morgan fingerprint density at radius 1 is 1.20 bits per heavy atom. The minimum atomic E-state index is -0.186. The second-order valence-corrected chi connectivity index (χ2v) is 8.27. The third-order valence-corrected chi connectivity index (χ3v) is 6.11. The lowest BCUT2D eigenvalue weighted by Crippen LogP contribution is -2.43. The van der Waals surface area contributed by atoms with E-state index in [0.29, 0.717) is 29.8 Å². The molecular weight excluding hydrogens is 402 g/mol. The highest BCUT2D eigenvalue weighted by Gasteiger charge is 2.29. The number of ether oxygens (including phenoxy) is 1. The highest BCUT2D eigenvalue weighted by molar-refractivity contribution is 7.99. The van der Waals surface area contributed by atoms with Crippen molar-refractivity contribution in [2.24, 2.45) is 5.92 Å². The first-order valence-corrected chi connectivity index (χ1v) is 10.8. The summed E-state index contributed by atoms with van der Waals surface area (Å²) >= 11 is 1.23. The Morgan fingerprint density at radius 3 is 2.77 bits per heavy atom. The molecule has 2 heterocycles. The van der Waals surface area contributed by atoms with E-state index < -0.39 is 0 Å². The molecule has 0 aliphatic carbocycles. The van der Waals surface area contributed by atoms with Gasteiger partial charge in [0.05, 0.1) is 12.9 Å². The molecule has 2 aromatic carbocycles. The number of thioether (sulfide) groups is 1. The lowest BCUT2D eigenvalue weighted by atomic mass is 9.89. The van der Waals surface area contributed by atoms with Crippen LogP contribution in [0.1, 0.15) is 29.1 Å². The summed E-state index contributed by atoms with van der Waals surface area (Å²) < 4.78 is 10.6. The number of likely N-dealkylation sites (tertiary alicyclic amines) is 1. The predicted octanol–water partition coefficient (Wildman–Crippen LogP) is 3.75. The lowest BCUT2D eigenvalue weighted by molar-refractivity contribution is -0.129. The molecule has 0 spiro atoms. The minimum Gasteiger partial charge on any atom is -0.497 e. The molecule has 0 unspecified atom stereocenters. The van der Waals surface area contributed by atoms with E-state index in [4.69, 9.17) is 9.15 Å². The van der Waals surface area contributed by atoms with Gasteiger partial charge in [-0.2, -0.15) is 0 Å². The number of aromatic nitrogens is 2. The van der Waals surface area contributed by atoms with E-state index in [1.807, 2.05) is 36.4 Å². The molecule has 4 rings (SSSR count). The maximum absolute atomic E-state index is 13.1. The number of Topliss-reactive ketones (excluding diaryl/α,β-unsaturated/α-hetero) is 1. The first-order chi connectivity index (χ1) is 14.5. The summed E-state index contributed by atoms with van der Waals surface area (Å²) in [6.07, 6.45) is 1.61. The number of methoxy groups -OCH3 is 1. The second-order valence-electron chi connectivity index (χ2n) is 7.35. The molecule has 3 aromatic rings. The average molecular weight is 426 g/mol. The number of amides is 1. The topological polar surface area (TPSA) is 85.5 Å². The zero-order chi connectivity index (χ0) is 21.1. The van der Waals surface area contributed by atoms with Crippen molar-refractivity contribution in [1.82, 2.24) is 15.1 Å². The molecule has 1 aliphatic rings. The van der Waals surface area contributed by atoms with Gasteiger partial charge in [0.2, 0.25) is 11.8 Å². The quantitative estimate of drug-likeness (QED) is 0.439. The number of benzene rings is 2. The van der Waals surface area contributed by atoms with Crippen LogP contribution in [-0.2, 0) is 4.79 Å². The van der Waals surface area contributed by atoms with Crippen LogP contribution in [0, 0.1) is 12.8 Å². The van der Waals surface area contributed by atoms with Crippen LogP contribution in [-0.4, -0.2) is 52.7 Å². The van der Waals surface area contributed by atoms with Crippen molar-refractivity contribution < 1.29 is 18.7 Å². The second kappa shape index (κ2) is 8.87. The third-order valence-electron chi connectivity index (χ3n) is 5.30. The molecule has 0 radical (unpaired) electrons. The zero-order valence-electron chi connectivity index (χ0n) is 17.0. The van der Waals surface area contributed by atoms with Crippen molar-refractivity contribution in [3.8, 4) is 5.75 Å². The molecule has 8 heteroatoms. The molecule has 1 atom stereocenters. The first kappa shape index (κ1) is 20.4. The molecular formula is C22H23N3O4S. The van der Waals surface area contributed by atoms with E-state index in [-0.39, 0.29) is 23.4 Å². The van der Waals surface area contributed by atoms with E-state index in [0.717, 1.165) is 29.4 Å². The molecule has 1 fully saturated rings. The van der Waals surface area contributed by atoms with Gasteiger partial charge in [0.1, 0.15) is 5.75 Å². The van der Waals surface area contributed by atoms with E-state index in [1.54, 1.807) is 18.9 Å². The number of carbonyl (C=O) groups excluding carboxylic acids is 2. The fourth-order valence-electron chi connectivity index (χ4n) is 3.71. The zero-order valence-corrected chi connectivity index (χ0v) is 17.8. The monoisotopic (exact) mass is 425 g/mol. The molecule has 0 saturated carbocycles. The van der Waals surface area contributed by atoms with Crippen molar-refractivity contribution in [2.45, 2.75) is 25.0 Å². The van der Waals surface area contributed by atoms with Gasteiger partial charge in [0, 0.05) is 31.5 Å². The van der Waals surface area contributed by atoms with Gasteiger partial charge in [0.15, 0.2) is 5.78 Å². The van der Waals surface area contributed by atoms with Crippen LogP contribution >= 0.6 is 11.8 Å². The van der Waals surface area contributed by atoms with Gasteiger partial charge in [-0.15, -0.1) is 10.2 Å². The number of fused-ring (bicyclic) bond motifs is 1. The van der Waals surface area contributed by atoms with Crippen LogP contribution in [0.2, 0.25) is 0 Å². The maximum Gasteiger partial charge on any atom is 0.277 e. The number of nitrogens with zero attached hydrogens (tertiary/aromatic N) is 3. The van der Waals surface area contributed by atoms with Crippen molar-refractivity contribution in [3.63, 3.8) is 0 Å². The largest absolute Gasteiger partial charge is 0.497 e. The molecule has 7 nitrogen and oxygen atoms in total. The third kappa shape index (κ3) is 4.48. The van der Waals surface area contributed by atoms with E-state index in [9.17, 15) is 9.59 Å². The summed E-state index contributed by atoms with van der Waals surface area (Å²) in [4.78, 5) is 27.5. The molecule has 1 saturated heterocycles. The summed E-state index contributed by atoms with van der Waals surface area (Å²) in [7, 11) is 1.64. The van der Waals surface area contributed by atoms with Gasteiger partial charge in [-0.25, -0.2) is 0 Å². The van der Waals surface area contributed by atoms with Crippen LogP contribution < -0.4 is 4.74 Å². The number of ketones is 1. The number of piperidine rings is 1. The Labute approximate surface area is 178 Å². The van der Waals surface area contributed by atoms with Crippen LogP contribution in [0.25, 0.3) is 10.8 Å². The average Bonchev–Trinajstić information content (AvgIpc) is 3.21. The predicted molar refractivity (Wildman–Crippen MR) is 114 cm³/mol. The fraction of sp³-hybridized carbons (Fsp3) is 0.364. The normalized spacial score (nSPS) is 16.6. The molecule has 0 N–H and O–H groups in total. The number of hydrogen-bond donors (Lipinski definition) is 0. The van der Waals surface area contributed by atoms with E-state index in [1.165, 1.54) is 11.8 Å². The summed E-state index contributed by atoms with van der Waals surface area (Å²) in [5, 5.41) is 10.1. The number of carbonyl (C=O) groups is 2. The summed E-state index contributed by atoms with van der Waals surface area (Å²) in [5.41, 5.74) is 0.683. The van der Waals surface area contributed by atoms with Crippen LogP contribution in [0.5, 0.6) is 5.75 Å². The van der Waals surface area contributed by atoms with Crippen LogP contribution in [0.4, 0.5) is 0 Å². The first-order valence-electron chi connectivity index (χ1n) is 9.86. The lowest BCUT2D eigenvalue weighted by Gasteiger charge is -2.32. The Morgan fingerprint density at radius 2 is 2.00 bits per heavy atom. The maximum atomic E-state index is 13.1. The van der Waals surface area contributed by atoms with Crippen molar-refractivity contribution in [1.29, 1.82) is 0 Å². The van der Waals surface area contributed by atoms with Crippen molar-refractivity contribution in [3.05, 3.63) is 47.9 Å². The van der Waals surface area contributed by atoms with Gasteiger partial charge >= 0.3 is 0 Å². The minimum absolute atomic E-state index is 0.0149. The Hall–Kier alpha value is -2.87. The molecule has 30 heavy (non-hydrogen) atoms. The summed E-state index contributed by atoms with van der Waals surface area (Å²) in [6, 6.07) is 11.5. The van der Waals surface area contributed by atoms with Gasteiger partial charge < -0.3 is 14.1 Å². The van der Waals surface area contributed by atoms with Gasteiger partial charge in [-0.05, 0) is 41.8 Å². The Kier molecular flexibility index (Phi) is 6.03. The van der Waals surface area contributed by atoms with Crippen LogP contribution in [0.15, 0.2) is 46.0 Å². The standard InChI is InChI=1S/C22H23N3O4S/c1-14-23-24-22(29-14)30-13-20(26)25-9-3-4-18(12-25)21(27)17-6-5-16-11-19(28-2)8-7-15(16)10-17/h5-8,10-11,18H,3-4,9,12-13H2,1-2H3/t18-/m0/s1. The molecule has 0 bridgehead atoms. The number of aryl methyl sites for hydroxylation is 1. The smallest absolute Gasteiger partial charge is 0.277 e. The Bertz CT molecular complexity index is 1080. The molecule has 1 amide bonds. The highest BCUT2D eigenvalue weighted by Crippen LogP contribution is 2.26. The van der Waals surface area contributed by atoms with E-state index >= 15 is 0 Å². The SMILES string of the molecule is COc1ccc2cc(C(=O)[C@H]3CCCN(C(=O)CSc4nnc(C)o4)C3)ccc2c1. The fourth-order valence-corrected chi connectivity index (χ4v) is 4.42. The van der Waals surface area contributed by atoms with Gasteiger partial charge in [-0.3, -0.25) is 9.59 Å². The summed E-state index contributed by atoms with van der Waals surface area (Å²) in [5.74, 6) is 1.37. The van der Waals surface area contributed by atoms with Crippen LogP contribution in [0.3, 0.4) is 0 Å². The molecule has 1 aromatic heterocycles. The highest BCUT2D eigenvalue weighted by atomic mass is 32.2. The van der Waals surface area contributed by atoms with Gasteiger partial charge in [-0.1, -0.05) is 30.0 Å². The van der Waals surface area contributed by atoms with E-state index in [2.05, 4.69) is 10.2 Å². The number of rotatable bonds is 6. The Balaban J connectivity index is 1.41. The van der Waals surface area contributed by atoms with Crippen molar-refractivity contribution in [2.75, 3.05) is 26.0 Å².